The van der Waals surface area contributed by atoms with E-state index in [1.165, 1.54) is 23.7 Å². The second kappa shape index (κ2) is 8.35. The molecule has 0 unspecified atom stereocenters. The summed E-state index contributed by atoms with van der Waals surface area (Å²) in [6, 6.07) is 15.9. The number of fused-ring (bicyclic) bond motifs is 2. The summed E-state index contributed by atoms with van der Waals surface area (Å²) >= 11 is 1.34. The molecule has 11 heteroatoms. The van der Waals surface area contributed by atoms with Gasteiger partial charge in [-0.15, -0.1) is 0 Å². The molecule has 0 saturated heterocycles. The molecule has 8 nitrogen and oxygen atoms in total. The Bertz CT molecular complexity index is 1600. The van der Waals surface area contributed by atoms with Gasteiger partial charge in [0, 0.05) is 22.0 Å². The average Bonchev–Trinajstić information content (AvgIpc) is 3.27. The number of nitrogens with zero attached hydrogens (tertiary/aromatic N) is 3. The third-order valence-corrected chi connectivity index (χ3v) is 6.93. The van der Waals surface area contributed by atoms with E-state index in [9.17, 15) is 12.8 Å². The van der Waals surface area contributed by atoms with Crippen LogP contribution in [-0.2, 0) is 16.6 Å². The van der Waals surface area contributed by atoms with E-state index in [1.807, 2.05) is 17.5 Å². The smallest absolute Gasteiger partial charge is 0.263 e. The first-order chi connectivity index (χ1) is 15.9. The summed E-state index contributed by atoms with van der Waals surface area (Å²) in [6.45, 7) is -0.534. The van der Waals surface area contributed by atoms with Crippen LogP contribution in [0.5, 0.6) is 0 Å². The molecule has 0 aliphatic rings. The lowest BCUT2D eigenvalue weighted by Crippen LogP contribution is -2.16. The van der Waals surface area contributed by atoms with E-state index in [0.29, 0.717) is 16.7 Å². The molecule has 33 heavy (non-hydrogen) atoms. The number of aromatic nitrogens is 3. The number of para-hydroxylation sites is 2. The van der Waals surface area contributed by atoms with Gasteiger partial charge in [0.25, 0.3) is 10.0 Å². The second-order valence-electron chi connectivity index (χ2n) is 7.14. The van der Waals surface area contributed by atoms with Crippen molar-refractivity contribution < 1.29 is 17.9 Å². The van der Waals surface area contributed by atoms with Crippen LogP contribution in [0.1, 0.15) is 5.56 Å². The highest BCUT2D eigenvalue weighted by Gasteiger charge is 2.20. The van der Waals surface area contributed by atoms with Crippen LogP contribution in [0.25, 0.3) is 21.9 Å². The van der Waals surface area contributed by atoms with Gasteiger partial charge in [-0.1, -0.05) is 18.2 Å². The normalized spacial score (nSPS) is 11.7. The lowest BCUT2D eigenvalue weighted by Gasteiger charge is -2.14. The summed E-state index contributed by atoms with van der Waals surface area (Å²) in [6.07, 6.45) is 0. The molecule has 3 N–H and O–H groups in total. The van der Waals surface area contributed by atoms with Crippen molar-refractivity contribution in [3.05, 3.63) is 77.4 Å². The van der Waals surface area contributed by atoms with Gasteiger partial charge in [0.2, 0.25) is 0 Å². The van der Waals surface area contributed by atoms with Crippen LogP contribution >= 0.6 is 11.5 Å². The van der Waals surface area contributed by atoms with Crippen molar-refractivity contribution in [3.63, 3.8) is 0 Å². The van der Waals surface area contributed by atoms with Crippen molar-refractivity contribution in [1.82, 2.24) is 14.3 Å². The zero-order valence-electron chi connectivity index (χ0n) is 16.9. The number of aliphatic hydroxyl groups is 1. The number of sulfonamides is 1. The molecular formula is C22H16FN5O3S2. The van der Waals surface area contributed by atoms with Gasteiger partial charge in [0.15, 0.2) is 11.6 Å². The maximum absolute atomic E-state index is 14.1. The highest BCUT2D eigenvalue weighted by molar-refractivity contribution is 7.92. The van der Waals surface area contributed by atoms with Crippen molar-refractivity contribution >= 4 is 60.8 Å². The van der Waals surface area contributed by atoms with Crippen LogP contribution in [0.2, 0.25) is 0 Å². The van der Waals surface area contributed by atoms with Crippen molar-refractivity contribution in [2.45, 2.75) is 11.5 Å². The average molecular weight is 482 g/mol. The number of nitrogens with one attached hydrogen (secondary N) is 2. The van der Waals surface area contributed by atoms with Crippen molar-refractivity contribution in [3.8, 4) is 0 Å². The Balaban J connectivity index is 1.56. The molecule has 2 aromatic heterocycles. The number of halogens is 1. The first-order valence-electron chi connectivity index (χ1n) is 9.73. The van der Waals surface area contributed by atoms with Crippen molar-refractivity contribution in [2.75, 3.05) is 10.0 Å². The SMILES string of the molecule is O=S(=O)(Nc1nc2ccccc2nc1Nc1ccc2nscc2c1)c1ccc(CO)c(F)c1. The van der Waals surface area contributed by atoms with Gasteiger partial charge in [0.1, 0.15) is 5.82 Å². The Morgan fingerprint density at radius 2 is 1.70 bits per heavy atom. The Labute approximate surface area is 192 Å². The van der Waals surface area contributed by atoms with Gasteiger partial charge in [-0.2, -0.15) is 4.37 Å². The Hall–Kier alpha value is -3.67. The molecule has 0 fully saturated rings. The van der Waals surface area contributed by atoms with E-state index in [0.717, 1.165) is 17.0 Å². The molecule has 0 saturated carbocycles. The number of hydrogen-bond acceptors (Lipinski definition) is 8. The molecule has 0 amide bonds. The predicted octanol–water partition coefficient (Wildman–Crippen LogP) is 4.42. The molecule has 3 aromatic carbocycles. The lowest BCUT2D eigenvalue weighted by molar-refractivity contribution is 0.275. The quantitative estimate of drug-likeness (QED) is 0.329. The second-order valence-corrected chi connectivity index (χ2v) is 9.45. The Morgan fingerprint density at radius 3 is 2.42 bits per heavy atom. The molecule has 0 aliphatic carbocycles. The summed E-state index contributed by atoms with van der Waals surface area (Å²) in [7, 11) is -4.19. The van der Waals surface area contributed by atoms with Gasteiger partial charge in [-0.3, -0.25) is 4.72 Å². The van der Waals surface area contributed by atoms with Gasteiger partial charge in [-0.25, -0.2) is 22.8 Å². The van der Waals surface area contributed by atoms with Crippen LogP contribution in [0.15, 0.2) is 70.9 Å². The number of rotatable bonds is 6. The van der Waals surface area contributed by atoms with Gasteiger partial charge < -0.3 is 10.4 Å². The monoisotopic (exact) mass is 481 g/mol. The van der Waals surface area contributed by atoms with Crippen LogP contribution in [0.4, 0.5) is 21.7 Å². The fourth-order valence-electron chi connectivity index (χ4n) is 3.25. The van der Waals surface area contributed by atoms with E-state index in [4.69, 9.17) is 5.11 Å². The third kappa shape index (κ3) is 4.21. The molecular weight excluding hydrogens is 465 g/mol. The van der Waals surface area contributed by atoms with Crippen LogP contribution in [-0.4, -0.2) is 27.9 Å². The zero-order valence-corrected chi connectivity index (χ0v) is 18.5. The summed E-state index contributed by atoms with van der Waals surface area (Å²) in [4.78, 5) is 8.67. The van der Waals surface area contributed by atoms with Crippen molar-refractivity contribution in [2.24, 2.45) is 0 Å². The van der Waals surface area contributed by atoms with Crippen LogP contribution in [0.3, 0.4) is 0 Å². The Morgan fingerprint density at radius 1 is 0.939 bits per heavy atom. The topological polar surface area (TPSA) is 117 Å². The first-order valence-corrected chi connectivity index (χ1v) is 12.0. The maximum Gasteiger partial charge on any atom is 0.263 e. The molecule has 5 rings (SSSR count). The van der Waals surface area contributed by atoms with E-state index in [2.05, 4.69) is 24.4 Å². The summed E-state index contributed by atoms with van der Waals surface area (Å²) in [5, 5.41) is 15.1. The molecule has 0 radical (unpaired) electrons. The standard InChI is InChI=1S/C22H16FN5O3S2/c23-17-10-16(7-5-13(17)11-29)33(30,31)28-22-21(25-19-3-1-2-4-20(19)26-22)24-15-6-8-18-14(9-15)12-32-27-18/h1-10,12,29H,11H2,(H,24,25)(H,26,28). The molecule has 0 atom stereocenters. The molecule has 0 bridgehead atoms. The Kier molecular flexibility index (Phi) is 5.36. The molecule has 0 spiro atoms. The first kappa shape index (κ1) is 21.2. The zero-order chi connectivity index (χ0) is 23.0. The highest BCUT2D eigenvalue weighted by Crippen LogP contribution is 2.29. The fraction of sp³-hybridized carbons (Fsp3) is 0.0455. The molecule has 166 valence electrons. The van der Waals surface area contributed by atoms with Gasteiger partial charge in [0.05, 0.1) is 28.1 Å². The minimum absolute atomic E-state index is 0.000106. The number of benzene rings is 3. The third-order valence-electron chi connectivity index (χ3n) is 4.93. The van der Waals surface area contributed by atoms with Crippen molar-refractivity contribution in [1.29, 1.82) is 0 Å². The van der Waals surface area contributed by atoms with Gasteiger partial charge >= 0.3 is 0 Å². The minimum Gasteiger partial charge on any atom is -0.392 e. The summed E-state index contributed by atoms with van der Waals surface area (Å²) < 4.78 is 46.8. The summed E-state index contributed by atoms with van der Waals surface area (Å²) in [5.41, 5.74) is 2.58. The minimum atomic E-state index is -4.19. The van der Waals surface area contributed by atoms with E-state index >= 15 is 0 Å². The maximum atomic E-state index is 14.1. The molecule has 0 aliphatic heterocycles. The lowest BCUT2D eigenvalue weighted by atomic mass is 10.2. The number of hydrogen-bond donors (Lipinski definition) is 3. The van der Waals surface area contributed by atoms with Crippen LogP contribution < -0.4 is 10.0 Å². The molecule has 2 heterocycles. The highest BCUT2D eigenvalue weighted by atomic mass is 32.2. The van der Waals surface area contributed by atoms with E-state index < -0.39 is 22.4 Å². The number of aliphatic hydroxyl groups excluding tert-OH is 1. The van der Waals surface area contributed by atoms with E-state index in [1.54, 1.807) is 30.3 Å². The largest absolute Gasteiger partial charge is 0.392 e. The number of anilines is 3. The van der Waals surface area contributed by atoms with Gasteiger partial charge in [-0.05, 0) is 54.0 Å². The molecule has 5 aromatic rings. The summed E-state index contributed by atoms with van der Waals surface area (Å²) in [5.74, 6) is -0.669. The fourth-order valence-corrected chi connectivity index (χ4v) is 4.91. The van der Waals surface area contributed by atoms with Crippen LogP contribution in [0, 0.1) is 5.82 Å². The predicted molar refractivity (Wildman–Crippen MR) is 126 cm³/mol. The van der Waals surface area contributed by atoms with E-state index in [-0.39, 0.29) is 22.1 Å².